The Morgan fingerprint density at radius 2 is 1.62 bits per heavy atom. The van der Waals surface area contributed by atoms with E-state index >= 15 is 0 Å². The van der Waals surface area contributed by atoms with Crippen molar-refractivity contribution >= 4 is 16.9 Å². The third-order valence-electron chi connectivity index (χ3n) is 5.46. The lowest BCUT2D eigenvalue weighted by Gasteiger charge is -2.16. The Hall–Kier alpha value is -4.19. The van der Waals surface area contributed by atoms with Crippen LogP contribution in [0.1, 0.15) is 11.3 Å². The maximum atomic E-state index is 13.0. The maximum absolute atomic E-state index is 13.0. The fraction of sp³-hybridized carbons (Fsp3) is 0.115. The molecule has 3 aromatic carbocycles. The predicted molar refractivity (Wildman–Crippen MR) is 123 cm³/mol. The Balaban J connectivity index is 1.42. The van der Waals surface area contributed by atoms with E-state index < -0.39 is 0 Å². The average molecular weight is 422 g/mol. The minimum atomic E-state index is -0.0319. The van der Waals surface area contributed by atoms with Gasteiger partial charge in [0.1, 0.15) is 5.69 Å². The molecular weight excluding hydrogens is 400 g/mol. The first kappa shape index (κ1) is 19.8. The van der Waals surface area contributed by atoms with Crippen LogP contribution in [0.25, 0.3) is 27.9 Å². The molecule has 5 aromatic rings. The fourth-order valence-electron chi connectivity index (χ4n) is 3.76. The van der Waals surface area contributed by atoms with Gasteiger partial charge in [0.2, 0.25) is 5.91 Å². The second-order valence-electron chi connectivity index (χ2n) is 7.70. The Kier molecular flexibility index (Phi) is 5.25. The van der Waals surface area contributed by atoms with E-state index in [0.717, 1.165) is 27.9 Å². The number of likely N-dealkylation sites (N-methyl/N-ethyl adjacent to an activating group) is 1. The van der Waals surface area contributed by atoms with Crippen LogP contribution in [0, 0.1) is 0 Å². The topological polar surface area (TPSA) is 64.2 Å². The van der Waals surface area contributed by atoms with Crippen molar-refractivity contribution in [1.29, 1.82) is 0 Å². The summed E-state index contributed by atoms with van der Waals surface area (Å²) in [5.74, 6) is -0.0319. The van der Waals surface area contributed by atoms with Crippen molar-refractivity contribution in [3.8, 4) is 16.9 Å². The second kappa shape index (κ2) is 8.51. The van der Waals surface area contributed by atoms with Crippen molar-refractivity contribution in [1.82, 2.24) is 19.8 Å². The lowest BCUT2D eigenvalue weighted by molar-refractivity contribution is -0.129. The van der Waals surface area contributed by atoms with E-state index in [2.05, 4.69) is 5.16 Å². The molecule has 0 aliphatic carbocycles. The number of amides is 1. The third kappa shape index (κ3) is 3.90. The SMILES string of the molecule is CN(Cc1cn(-c2ccccc2)nc1-c1ccccc1)C(=O)Cc1noc2ccccc12. The van der Waals surface area contributed by atoms with E-state index in [1.54, 1.807) is 11.9 Å². The number of carbonyl (C=O) groups is 1. The van der Waals surface area contributed by atoms with Gasteiger partial charge in [-0.3, -0.25) is 4.79 Å². The second-order valence-corrected chi connectivity index (χ2v) is 7.70. The molecule has 0 saturated carbocycles. The maximum Gasteiger partial charge on any atom is 0.228 e. The standard InChI is InChI=1S/C26H22N4O2/c1-29(25(31)16-23-22-14-8-9-15-24(22)32-28-23)17-20-18-30(21-12-6-3-7-13-21)27-26(20)19-10-4-2-5-11-19/h2-15,18H,16-17H2,1H3. The minimum Gasteiger partial charge on any atom is -0.356 e. The lowest BCUT2D eigenvalue weighted by Crippen LogP contribution is -2.28. The van der Waals surface area contributed by atoms with Gasteiger partial charge in [0.05, 0.1) is 17.8 Å². The summed E-state index contributed by atoms with van der Waals surface area (Å²) in [7, 11) is 1.80. The van der Waals surface area contributed by atoms with E-state index in [9.17, 15) is 4.79 Å². The lowest BCUT2D eigenvalue weighted by atomic mass is 10.1. The van der Waals surface area contributed by atoms with Crippen molar-refractivity contribution in [3.05, 3.63) is 102 Å². The van der Waals surface area contributed by atoms with E-state index in [1.165, 1.54) is 0 Å². The number of fused-ring (bicyclic) bond motifs is 1. The zero-order valence-corrected chi connectivity index (χ0v) is 17.7. The molecule has 6 heteroatoms. The van der Waals surface area contributed by atoms with Gasteiger partial charge < -0.3 is 9.42 Å². The molecule has 2 aromatic heterocycles. The molecule has 0 saturated heterocycles. The summed E-state index contributed by atoms with van der Waals surface area (Å²) in [6, 6.07) is 27.6. The normalized spacial score (nSPS) is 11.0. The highest BCUT2D eigenvalue weighted by Crippen LogP contribution is 2.25. The summed E-state index contributed by atoms with van der Waals surface area (Å²) in [5.41, 5.74) is 5.16. The smallest absolute Gasteiger partial charge is 0.228 e. The molecule has 0 radical (unpaired) electrons. The van der Waals surface area contributed by atoms with Gasteiger partial charge in [-0.2, -0.15) is 5.10 Å². The monoisotopic (exact) mass is 422 g/mol. The summed E-state index contributed by atoms with van der Waals surface area (Å²) in [6.45, 7) is 0.436. The molecule has 0 aliphatic rings. The number of carbonyl (C=O) groups excluding carboxylic acids is 1. The molecule has 5 rings (SSSR count). The molecule has 0 unspecified atom stereocenters. The van der Waals surface area contributed by atoms with Crippen molar-refractivity contribution in [2.45, 2.75) is 13.0 Å². The van der Waals surface area contributed by atoms with Gasteiger partial charge in [-0.25, -0.2) is 4.68 Å². The summed E-state index contributed by atoms with van der Waals surface area (Å²) in [6.07, 6.45) is 2.17. The highest BCUT2D eigenvalue weighted by Gasteiger charge is 2.19. The van der Waals surface area contributed by atoms with Crippen LogP contribution in [0.3, 0.4) is 0 Å². The zero-order chi connectivity index (χ0) is 21.9. The van der Waals surface area contributed by atoms with Crippen LogP contribution < -0.4 is 0 Å². The first-order chi connectivity index (χ1) is 15.7. The van der Waals surface area contributed by atoms with Gasteiger partial charge >= 0.3 is 0 Å². The van der Waals surface area contributed by atoms with Crippen LogP contribution in [0.5, 0.6) is 0 Å². The Morgan fingerprint density at radius 1 is 0.938 bits per heavy atom. The molecular formula is C26H22N4O2. The first-order valence-electron chi connectivity index (χ1n) is 10.5. The van der Waals surface area contributed by atoms with Gasteiger partial charge in [0.25, 0.3) is 0 Å². The van der Waals surface area contributed by atoms with E-state index in [4.69, 9.17) is 9.62 Å². The van der Waals surface area contributed by atoms with Crippen molar-refractivity contribution in [2.24, 2.45) is 0 Å². The summed E-state index contributed by atoms with van der Waals surface area (Å²) < 4.78 is 7.21. The number of para-hydroxylation sites is 2. The molecule has 0 spiro atoms. The van der Waals surface area contributed by atoms with Crippen molar-refractivity contribution in [3.63, 3.8) is 0 Å². The van der Waals surface area contributed by atoms with E-state index in [-0.39, 0.29) is 12.3 Å². The highest BCUT2D eigenvalue weighted by atomic mass is 16.5. The quantitative estimate of drug-likeness (QED) is 0.391. The molecule has 0 N–H and O–H groups in total. The van der Waals surface area contributed by atoms with Gasteiger partial charge in [0, 0.05) is 36.3 Å². The van der Waals surface area contributed by atoms with Crippen LogP contribution in [-0.4, -0.2) is 32.8 Å². The molecule has 158 valence electrons. The zero-order valence-electron chi connectivity index (χ0n) is 17.7. The van der Waals surface area contributed by atoms with Crippen LogP contribution in [0.4, 0.5) is 0 Å². The van der Waals surface area contributed by atoms with Gasteiger partial charge in [0.15, 0.2) is 5.58 Å². The van der Waals surface area contributed by atoms with Gasteiger partial charge in [-0.05, 0) is 24.3 Å². The fourth-order valence-corrected chi connectivity index (χ4v) is 3.76. The molecule has 0 bridgehead atoms. The summed E-state index contributed by atoms with van der Waals surface area (Å²) in [5, 5.41) is 9.80. The van der Waals surface area contributed by atoms with Crippen LogP contribution in [0.2, 0.25) is 0 Å². The Morgan fingerprint density at radius 3 is 2.41 bits per heavy atom. The molecule has 1 amide bonds. The largest absolute Gasteiger partial charge is 0.356 e. The van der Waals surface area contributed by atoms with Gasteiger partial charge in [-0.1, -0.05) is 65.8 Å². The average Bonchev–Trinajstić information content (AvgIpc) is 3.45. The number of hydrogen-bond acceptors (Lipinski definition) is 4. The molecule has 6 nitrogen and oxygen atoms in total. The van der Waals surface area contributed by atoms with E-state index in [1.807, 2.05) is 95.8 Å². The highest BCUT2D eigenvalue weighted by molar-refractivity contribution is 5.86. The third-order valence-corrected chi connectivity index (χ3v) is 5.46. The molecule has 0 fully saturated rings. The number of rotatable bonds is 6. The molecule has 32 heavy (non-hydrogen) atoms. The number of nitrogens with zero attached hydrogens (tertiary/aromatic N) is 4. The first-order valence-corrected chi connectivity index (χ1v) is 10.5. The van der Waals surface area contributed by atoms with Crippen LogP contribution >= 0.6 is 0 Å². The summed E-state index contributed by atoms with van der Waals surface area (Å²) in [4.78, 5) is 14.7. The summed E-state index contributed by atoms with van der Waals surface area (Å²) >= 11 is 0. The predicted octanol–water partition coefficient (Wildman–Crippen LogP) is 4.88. The molecule has 0 aliphatic heterocycles. The molecule has 0 atom stereocenters. The van der Waals surface area contributed by atoms with Crippen molar-refractivity contribution < 1.29 is 9.32 Å². The van der Waals surface area contributed by atoms with Crippen LogP contribution in [0.15, 0.2) is 95.6 Å². The Labute approximate surface area is 185 Å². The number of hydrogen-bond donors (Lipinski definition) is 0. The van der Waals surface area contributed by atoms with Crippen LogP contribution in [-0.2, 0) is 17.8 Å². The minimum absolute atomic E-state index is 0.0319. The Bertz CT molecular complexity index is 1360. The van der Waals surface area contributed by atoms with Gasteiger partial charge in [-0.15, -0.1) is 0 Å². The number of aromatic nitrogens is 3. The molecule has 2 heterocycles. The van der Waals surface area contributed by atoms with E-state index in [0.29, 0.717) is 17.8 Å². The number of benzene rings is 3. The van der Waals surface area contributed by atoms with Crippen molar-refractivity contribution in [2.75, 3.05) is 7.05 Å².